The van der Waals surface area contributed by atoms with Gasteiger partial charge in [0.25, 0.3) is 0 Å². The standard InChI is InChI=1S/C6H7ClN2O2/c7-1-6(10)11-3-5-2-8-4-9-5/h2,4H,1,3H2,(H,8,9). The Morgan fingerprint density at radius 3 is 3.18 bits per heavy atom. The predicted molar refractivity (Wildman–Crippen MR) is 39.1 cm³/mol. The number of hydrogen-bond acceptors (Lipinski definition) is 3. The minimum atomic E-state index is -0.429. The average Bonchev–Trinajstić information content (AvgIpc) is 2.52. The molecule has 1 rings (SSSR count). The Balaban J connectivity index is 2.29. The molecule has 11 heavy (non-hydrogen) atoms. The van der Waals surface area contributed by atoms with E-state index in [0.717, 1.165) is 5.69 Å². The van der Waals surface area contributed by atoms with Gasteiger partial charge in [-0.05, 0) is 0 Å². The molecule has 4 nitrogen and oxygen atoms in total. The number of H-pyrrole nitrogens is 1. The number of rotatable bonds is 3. The smallest absolute Gasteiger partial charge is 0.321 e. The number of aromatic nitrogens is 2. The molecule has 0 aliphatic heterocycles. The molecule has 0 bridgehead atoms. The number of hydrogen-bond donors (Lipinski definition) is 1. The van der Waals surface area contributed by atoms with Gasteiger partial charge in [-0.25, -0.2) is 4.98 Å². The van der Waals surface area contributed by atoms with Crippen LogP contribution in [0.1, 0.15) is 5.69 Å². The summed E-state index contributed by atoms with van der Waals surface area (Å²) in [6, 6.07) is 0. The lowest BCUT2D eigenvalue weighted by Gasteiger charge is -1.98. The van der Waals surface area contributed by atoms with E-state index in [1.54, 1.807) is 6.20 Å². The number of nitrogens with one attached hydrogen (secondary N) is 1. The minimum absolute atomic E-state index is 0.117. The van der Waals surface area contributed by atoms with Crippen LogP contribution < -0.4 is 0 Å². The van der Waals surface area contributed by atoms with Crippen molar-refractivity contribution < 1.29 is 9.53 Å². The third kappa shape index (κ3) is 2.59. The van der Waals surface area contributed by atoms with E-state index in [0.29, 0.717) is 0 Å². The van der Waals surface area contributed by atoms with Crippen LogP contribution in [0.2, 0.25) is 0 Å². The maximum Gasteiger partial charge on any atom is 0.321 e. The largest absolute Gasteiger partial charge is 0.458 e. The van der Waals surface area contributed by atoms with Crippen molar-refractivity contribution in [3.63, 3.8) is 0 Å². The minimum Gasteiger partial charge on any atom is -0.458 e. The molecule has 0 aliphatic rings. The summed E-state index contributed by atoms with van der Waals surface area (Å²) in [5, 5.41) is 0. The highest BCUT2D eigenvalue weighted by Crippen LogP contribution is 1.94. The van der Waals surface area contributed by atoms with Gasteiger partial charge in [0, 0.05) is 0 Å². The van der Waals surface area contributed by atoms with Crippen LogP contribution in [0.15, 0.2) is 12.5 Å². The van der Waals surface area contributed by atoms with Crippen molar-refractivity contribution in [3.05, 3.63) is 18.2 Å². The van der Waals surface area contributed by atoms with Crippen LogP contribution in [-0.2, 0) is 16.1 Å². The molecule has 0 atom stereocenters. The van der Waals surface area contributed by atoms with Gasteiger partial charge >= 0.3 is 5.97 Å². The molecule has 0 unspecified atom stereocenters. The molecule has 1 aromatic rings. The first-order valence-corrected chi connectivity index (χ1v) is 3.55. The quantitative estimate of drug-likeness (QED) is 0.542. The average molecular weight is 175 g/mol. The highest BCUT2D eigenvalue weighted by Gasteiger charge is 2.00. The molecule has 60 valence electrons. The Hall–Kier alpha value is -1.03. The Morgan fingerprint density at radius 1 is 1.82 bits per heavy atom. The molecule has 1 aromatic heterocycles. The fourth-order valence-corrected chi connectivity index (χ4v) is 0.638. The Bertz CT molecular complexity index is 222. The van der Waals surface area contributed by atoms with Crippen LogP contribution in [-0.4, -0.2) is 21.8 Å². The molecular weight excluding hydrogens is 168 g/mol. The third-order valence-corrected chi connectivity index (χ3v) is 1.27. The summed E-state index contributed by atoms with van der Waals surface area (Å²) in [5.41, 5.74) is 0.753. The molecule has 0 aliphatic carbocycles. The van der Waals surface area contributed by atoms with Crippen molar-refractivity contribution in [1.29, 1.82) is 0 Å². The molecule has 0 amide bonds. The van der Waals surface area contributed by atoms with Crippen LogP contribution in [0, 0.1) is 0 Å². The summed E-state index contributed by atoms with van der Waals surface area (Å²) < 4.78 is 4.69. The Kier molecular flexibility index (Phi) is 2.92. The van der Waals surface area contributed by atoms with Crippen LogP contribution >= 0.6 is 11.6 Å². The fourth-order valence-electron chi connectivity index (χ4n) is 0.560. The number of carbonyl (C=O) groups excluding carboxylic acids is 1. The molecule has 0 saturated heterocycles. The van der Waals surface area contributed by atoms with Gasteiger partial charge in [-0.1, -0.05) is 0 Å². The fraction of sp³-hybridized carbons (Fsp3) is 0.333. The monoisotopic (exact) mass is 174 g/mol. The third-order valence-electron chi connectivity index (χ3n) is 1.05. The SMILES string of the molecule is O=C(CCl)OCc1cnc[nH]1. The van der Waals surface area contributed by atoms with E-state index in [1.807, 2.05) is 0 Å². The van der Waals surface area contributed by atoms with Crippen molar-refractivity contribution in [3.8, 4) is 0 Å². The van der Waals surface area contributed by atoms with Crippen molar-refractivity contribution in [2.75, 3.05) is 5.88 Å². The molecule has 0 fully saturated rings. The van der Waals surface area contributed by atoms with Gasteiger partial charge in [0.1, 0.15) is 12.5 Å². The zero-order valence-electron chi connectivity index (χ0n) is 5.71. The normalized spacial score (nSPS) is 9.55. The van der Waals surface area contributed by atoms with E-state index in [2.05, 4.69) is 9.97 Å². The van der Waals surface area contributed by atoms with E-state index < -0.39 is 5.97 Å². The van der Waals surface area contributed by atoms with Gasteiger partial charge in [-0.2, -0.15) is 0 Å². The van der Waals surface area contributed by atoms with Gasteiger partial charge in [0.2, 0.25) is 0 Å². The van der Waals surface area contributed by atoms with E-state index in [9.17, 15) is 4.79 Å². The topological polar surface area (TPSA) is 55.0 Å². The summed E-state index contributed by atoms with van der Waals surface area (Å²) >= 11 is 5.19. The molecule has 0 spiro atoms. The first-order valence-electron chi connectivity index (χ1n) is 3.02. The molecule has 0 saturated carbocycles. The number of aromatic amines is 1. The summed E-state index contributed by atoms with van der Waals surface area (Å²) in [6.45, 7) is 0.200. The number of esters is 1. The van der Waals surface area contributed by atoms with Crippen molar-refractivity contribution in [1.82, 2.24) is 9.97 Å². The lowest BCUT2D eigenvalue weighted by atomic mass is 10.5. The molecule has 0 radical (unpaired) electrons. The summed E-state index contributed by atoms with van der Waals surface area (Å²) in [5.74, 6) is -0.546. The number of carbonyl (C=O) groups is 1. The molecule has 1 N–H and O–H groups in total. The second kappa shape index (κ2) is 3.98. The summed E-state index contributed by atoms with van der Waals surface area (Å²) in [4.78, 5) is 17.0. The summed E-state index contributed by atoms with van der Waals surface area (Å²) in [6.07, 6.45) is 3.10. The number of imidazole rings is 1. The lowest BCUT2D eigenvalue weighted by molar-refractivity contribution is -0.141. The molecule has 5 heteroatoms. The zero-order chi connectivity index (χ0) is 8.10. The second-order valence-corrected chi connectivity index (χ2v) is 2.14. The number of alkyl halides is 1. The van der Waals surface area contributed by atoms with Crippen LogP contribution in [0.5, 0.6) is 0 Å². The number of nitrogens with zero attached hydrogens (tertiary/aromatic N) is 1. The van der Waals surface area contributed by atoms with E-state index in [-0.39, 0.29) is 12.5 Å². The predicted octanol–water partition coefficient (Wildman–Crippen LogP) is 0.692. The van der Waals surface area contributed by atoms with Crippen molar-refractivity contribution >= 4 is 17.6 Å². The maximum absolute atomic E-state index is 10.5. The van der Waals surface area contributed by atoms with Gasteiger partial charge in [-0.3, -0.25) is 4.79 Å². The molecule has 1 heterocycles. The van der Waals surface area contributed by atoms with E-state index >= 15 is 0 Å². The Labute approximate surface area is 68.5 Å². The van der Waals surface area contributed by atoms with Gasteiger partial charge < -0.3 is 9.72 Å². The molecular formula is C6H7ClN2O2. The second-order valence-electron chi connectivity index (χ2n) is 1.87. The van der Waals surface area contributed by atoms with Gasteiger partial charge in [-0.15, -0.1) is 11.6 Å². The van der Waals surface area contributed by atoms with Crippen molar-refractivity contribution in [2.24, 2.45) is 0 Å². The van der Waals surface area contributed by atoms with Gasteiger partial charge in [0.05, 0.1) is 18.2 Å². The first-order chi connectivity index (χ1) is 5.33. The zero-order valence-corrected chi connectivity index (χ0v) is 6.47. The van der Waals surface area contributed by atoms with Crippen LogP contribution in [0.25, 0.3) is 0 Å². The van der Waals surface area contributed by atoms with Gasteiger partial charge in [0.15, 0.2) is 0 Å². The highest BCUT2D eigenvalue weighted by molar-refractivity contribution is 6.26. The Morgan fingerprint density at radius 2 is 2.64 bits per heavy atom. The van der Waals surface area contributed by atoms with E-state index in [1.165, 1.54) is 6.33 Å². The molecule has 0 aromatic carbocycles. The first kappa shape index (κ1) is 8.07. The number of ether oxygens (including phenoxy) is 1. The van der Waals surface area contributed by atoms with E-state index in [4.69, 9.17) is 16.3 Å². The van der Waals surface area contributed by atoms with Crippen molar-refractivity contribution in [2.45, 2.75) is 6.61 Å². The number of halogens is 1. The highest BCUT2D eigenvalue weighted by atomic mass is 35.5. The van der Waals surface area contributed by atoms with Crippen LogP contribution in [0.3, 0.4) is 0 Å². The summed E-state index contributed by atoms with van der Waals surface area (Å²) in [7, 11) is 0. The van der Waals surface area contributed by atoms with Crippen LogP contribution in [0.4, 0.5) is 0 Å². The lowest BCUT2D eigenvalue weighted by Crippen LogP contribution is -2.05. The maximum atomic E-state index is 10.5.